The van der Waals surface area contributed by atoms with E-state index in [9.17, 15) is 14.4 Å². The van der Waals surface area contributed by atoms with Crippen LogP contribution < -0.4 is 10.6 Å². The molecule has 0 spiro atoms. The summed E-state index contributed by atoms with van der Waals surface area (Å²) in [6, 6.07) is 10.3. The van der Waals surface area contributed by atoms with Crippen LogP contribution in [-0.2, 0) is 14.3 Å². The van der Waals surface area contributed by atoms with E-state index >= 15 is 0 Å². The summed E-state index contributed by atoms with van der Waals surface area (Å²) >= 11 is 17.7. The first kappa shape index (κ1) is 21.5. The summed E-state index contributed by atoms with van der Waals surface area (Å²) in [5.41, 5.74) is 0.751. The van der Waals surface area contributed by atoms with E-state index in [2.05, 4.69) is 10.6 Å². The van der Waals surface area contributed by atoms with Crippen molar-refractivity contribution in [3.63, 3.8) is 0 Å². The average molecular weight is 441 g/mol. The Morgan fingerprint density at radius 2 is 1.57 bits per heavy atom. The van der Waals surface area contributed by atoms with E-state index < -0.39 is 24.4 Å². The molecule has 10 heteroatoms. The molecular weight excluding hydrogens is 429 g/mol. The predicted molar refractivity (Wildman–Crippen MR) is 106 cm³/mol. The number of esters is 1. The number of nitriles is 1. The van der Waals surface area contributed by atoms with Crippen LogP contribution >= 0.6 is 34.8 Å². The number of ether oxygens (including phenoxy) is 1. The number of benzene rings is 2. The molecule has 0 aliphatic rings. The van der Waals surface area contributed by atoms with Crippen molar-refractivity contribution in [3.8, 4) is 6.07 Å². The molecule has 0 fully saturated rings. The summed E-state index contributed by atoms with van der Waals surface area (Å²) in [5.74, 6) is -1.84. The van der Waals surface area contributed by atoms with Crippen molar-refractivity contribution in [1.29, 1.82) is 5.26 Å². The molecule has 0 aromatic heterocycles. The summed E-state index contributed by atoms with van der Waals surface area (Å²) in [6.07, 6.45) is -0.277. The van der Waals surface area contributed by atoms with Gasteiger partial charge < -0.3 is 15.4 Å². The van der Waals surface area contributed by atoms with Crippen LogP contribution in [0.4, 0.5) is 11.4 Å². The van der Waals surface area contributed by atoms with E-state index in [0.717, 1.165) is 0 Å². The molecule has 2 aromatic carbocycles. The molecule has 144 valence electrons. The van der Waals surface area contributed by atoms with Crippen LogP contribution in [0.1, 0.15) is 16.8 Å². The summed E-state index contributed by atoms with van der Waals surface area (Å²) in [5, 5.41) is 14.0. The Hall–Kier alpha value is -2.79. The van der Waals surface area contributed by atoms with Crippen LogP contribution in [0.15, 0.2) is 36.4 Å². The molecular formula is C18H12Cl3N3O4. The molecule has 0 radical (unpaired) electrons. The Morgan fingerprint density at radius 1 is 0.964 bits per heavy atom. The first-order valence-corrected chi connectivity index (χ1v) is 8.82. The lowest BCUT2D eigenvalue weighted by molar-refractivity contribution is -0.119. The van der Waals surface area contributed by atoms with Gasteiger partial charge in [0.25, 0.3) is 5.91 Å². The monoisotopic (exact) mass is 439 g/mol. The zero-order valence-electron chi connectivity index (χ0n) is 14.1. The van der Waals surface area contributed by atoms with Gasteiger partial charge in [-0.2, -0.15) is 5.26 Å². The minimum atomic E-state index is -0.738. The van der Waals surface area contributed by atoms with Crippen molar-refractivity contribution in [2.45, 2.75) is 6.42 Å². The Balaban J connectivity index is 1.90. The molecule has 2 rings (SSSR count). The summed E-state index contributed by atoms with van der Waals surface area (Å²) in [7, 11) is 0. The van der Waals surface area contributed by atoms with Crippen molar-refractivity contribution < 1.29 is 19.1 Å². The maximum atomic E-state index is 12.0. The number of halogens is 3. The zero-order valence-corrected chi connectivity index (χ0v) is 16.4. The van der Waals surface area contributed by atoms with Crippen LogP contribution in [-0.4, -0.2) is 24.4 Å². The second-order valence-electron chi connectivity index (χ2n) is 5.33. The van der Waals surface area contributed by atoms with E-state index in [-0.39, 0.29) is 27.7 Å². The number of anilines is 2. The highest BCUT2D eigenvalue weighted by Gasteiger charge is 2.14. The first-order valence-electron chi connectivity index (χ1n) is 7.68. The van der Waals surface area contributed by atoms with Crippen LogP contribution in [0, 0.1) is 11.3 Å². The van der Waals surface area contributed by atoms with Crippen LogP contribution in [0.3, 0.4) is 0 Å². The molecule has 0 atom stereocenters. The fourth-order valence-electron chi connectivity index (χ4n) is 2.02. The maximum Gasteiger partial charge on any atom is 0.338 e. The van der Waals surface area contributed by atoms with Gasteiger partial charge >= 0.3 is 5.97 Å². The second-order valence-corrected chi connectivity index (χ2v) is 6.58. The molecule has 0 heterocycles. The Bertz CT molecular complexity index is 933. The van der Waals surface area contributed by atoms with Crippen molar-refractivity contribution in [2.24, 2.45) is 0 Å². The van der Waals surface area contributed by atoms with Gasteiger partial charge in [0.2, 0.25) is 5.91 Å². The van der Waals surface area contributed by atoms with Gasteiger partial charge in [0.05, 0.1) is 27.4 Å². The number of rotatable bonds is 6. The minimum Gasteiger partial charge on any atom is -0.452 e. The Morgan fingerprint density at radius 3 is 2.14 bits per heavy atom. The molecule has 2 aromatic rings. The third kappa shape index (κ3) is 6.13. The third-order valence-corrected chi connectivity index (χ3v) is 4.06. The predicted octanol–water partition coefficient (Wildman–Crippen LogP) is 4.29. The van der Waals surface area contributed by atoms with E-state index in [4.69, 9.17) is 44.8 Å². The number of carbonyl (C=O) groups is 3. The van der Waals surface area contributed by atoms with E-state index in [1.807, 2.05) is 0 Å². The molecule has 0 saturated carbocycles. The highest BCUT2D eigenvalue weighted by atomic mass is 35.5. The SMILES string of the molecule is N#CCC(=O)Nc1ccc(C(=O)OCC(=O)Nc2c(Cl)cc(Cl)cc2Cl)cc1. The largest absolute Gasteiger partial charge is 0.452 e. The van der Waals surface area contributed by atoms with E-state index in [1.54, 1.807) is 6.07 Å². The summed E-state index contributed by atoms with van der Waals surface area (Å²) in [4.78, 5) is 35.3. The van der Waals surface area contributed by atoms with Gasteiger partial charge in [-0.3, -0.25) is 9.59 Å². The smallest absolute Gasteiger partial charge is 0.338 e. The Labute approximate surface area is 175 Å². The fourth-order valence-corrected chi connectivity index (χ4v) is 2.93. The maximum absolute atomic E-state index is 12.0. The number of amides is 2. The van der Waals surface area contributed by atoms with Gasteiger partial charge in [0.1, 0.15) is 6.42 Å². The van der Waals surface area contributed by atoms with Crippen molar-refractivity contribution in [2.75, 3.05) is 17.2 Å². The van der Waals surface area contributed by atoms with Crippen LogP contribution in [0.2, 0.25) is 15.1 Å². The van der Waals surface area contributed by atoms with Gasteiger partial charge in [-0.25, -0.2) is 4.79 Å². The summed E-state index contributed by atoms with van der Waals surface area (Å²) < 4.78 is 4.93. The molecule has 7 nitrogen and oxygen atoms in total. The number of hydrogen-bond donors (Lipinski definition) is 2. The normalized spacial score (nSPS) is 9.93. The molecule has 2 amide bonds. The number of nitrogens with one attached hydrogen (secondary N) is 2. The Kier molecular flexibility index (Phi) is 7.64. The molecule has 0 saturated heterocycles. The van der Waals surface area contributed by atoms with E-state index in [0.29, 0.717) is 10.7 Å². The highest BCUT2D eigenvalue weighted by Crippen LogP contribution is 2.33. The summed E-state index contributed by atoms with van der Waals surface area (Å²) in [6.45, 7) is -0.561. The fraction of sp³-hybridized carbons (Fsp3) is 0.111. The first-order chi connectivity index (χ1) is 13.3. The quantitative estimate of drug-likeness (QED) is 0.651. The lowest BCUT2D eigenvalue weighted by Crippen LogP contribution is -2.21. The zero-order chi connectivity index (χ0) is 20.7. The van der Waals surface area contributed by atoms with Gasteiger partial charge in [-0.15, -0.1) is 0 Å². The van der Waals surface area contributed by atoms with Crippen molar-refractivity contribution in [1.82, 2.24) is 0 Å². The average Bonchev–Trinajstić information content (AvgIpc) is 2.63. The topological polar surface area (TPSA) is 108 Å². The molecule has 28 heavy (non-hydrogen) atoms. The third-order valence-electron chi connectivity index (χ3n) is 3.25. The molecule has 2 N–H and O–H groups in total. The molecule has 0 unspecified atom stereocenters. The van der Waals surface area contributed by atoms with Crippen LogP contribution in [0.25, 0.3) is 0 Å². The lowest BCUT2D eigenvalue weighted by Gasteiger charge is -2.10. The molecule has 0 aliphatic carbocycles. The van der Waals surface area contributed by atoms with Gasteiger partial charge in [-0.05, 0) is 36.4 Å². The van der Waals surface area contributed by atoms with Gasteiger partial charge in [-0.1, -0.05) is 34.8 Å². The molecule has 0 bridgehead atoms. The van der Waals surface area contributed by atoms with Crippen molar-refractivity contribution in [3.05, 3.63) is 57.0 Å². The lowest BCUT2D eigenvalue weighted by atomic mass is 10.2. The van der Waals surface area contributed by atoms with Gasteiger partial charge in [0, 0.05) is 10.7 Å². The standard InChI is InChI=1S/C18H12Cl3N3O4/c19-11-7-13(20)17(14(21)8-11)24-16(26)9-28-18(27)10-1-3-12(4-2-10)23-15(25)5-6-22/h1-4,7-8H,5,9H2,(H,23,25)(H,24,26). The number of carbonyl (C=O) groups excluding carboxylic acids is 3. The van der Waals surface area contributed by atoms with Crippen molar-refractivity contribution >= 4 is 64.0 Å². The van der Waals surface area contributed by atoms with E-state index in [1.165, 1.54) is 36.4 Å². The van der Waals surface area contributed by atoms with Gasteiger partial charge in [0.15, 0.2) is 6.61 Å². The molecule has 0 aliphatic heterocycles. The highest BCUT2D eigenvalue weighted by molar-refractivity contribution is 6.42. The number of nitrogens with zero attached hydrogens (tertiary/aromatic N) is 1. The minimum absolute atomic E-state index is 0.145. The second kappa shape index (κ2) is 9.95. The number of hydrogen-bond acceptors (Lipinski definition) is 5. The van der Waals surface area contributed by atoms with Crippen LogP contribution in [0.5, 0.6) is 0 Å².